The maximum atomic E-state index is 14.2. The molecule has 3 heteroatoms. The topological polar surface area (TPSA) is 9.23 Å². The molecule has 0 radical (unpaired) electrons. The largest absolute Gasteiger partial charge is 0.487 e. The number of ether oxygens (including phenoxy) is 1. The molecule has 2 aromatic rings. The normalized spacial score (nSPS) is 10.5. The monoisotopic (exact) mass is 304 g/mol. The molecule has 2 aromatic carbocycles. The van der Waals surface area contributed by atoms with Gasteiger partial charge in [-0.25, -0.2) is 4.39 Å². The summed E-state index contributed by atoms with van der Waals surface area (Å²) in [6.07, 6.45) is 0. The van der Waals surface area contributed by atoms with Crippen LogP contribution in [-0.2, 0) is 6.61 Å². The molecule has 0 amide bonds. The van der Waals surface area contributed by atoms with E-state index in [0.717, 1.165) is 11.1 Å². The highest BCUT2D eigenvalue weighted by Crippen LogP contribution is 2.40. The fourth-order valence-electron chi connectivity index (χ4n) is 2.32. The van der Waals surface area contributed by atoms with Crippen molar-refractivity contribution in [1.82, 2.24) is 0 Å². The van der Waals surface area contributed by atoms with Gasteiger partial charge in [-0.15, -0.1) is 0 Å². The lowest BCUT2D eigenvalue weighted by Gasteiger charge is -2.18. The van der Waals surface area contributed by atoms with Crippen LogP contribution in [0.2, 0.25) is 5.02 Å². The van der Waals surface area contributed by atoms with Gasteiger partial charge in [-0.1, -0.05) is 48.5 Å². The summed E-state index contributed by atoms with van der Waals surface area (Å²) in [6.45, 7) is 9.49. The molecule has 2 rings (SSSR count). The van der Waals surface area contributed by atoms with Gasteiger partial charge in [0, 0.05) is 11.1 Å². The molecule has 0 aliphatic heterocycles. The molecule has 0 aliphatic carbocycles. The van der Waals surface area contributed by atoms with Crippen molar-refractivity contribution >= 4 is 17.2 Å². The first-order valence-corrected chi connectivity index (χ1v) is 7.12. The van der Waals surface area contributed by atoms with Crippen molar-refractivity contribution in [2.24, 2.45) is 0 Å². The van der Waals surface area contributed by atoms with Crippen LogP contribution in [0, 0.1) is 19.7 Å². The molecule has 0 fully saturated rings. The third-order valence-electron chi connectivity index (χ3n) is 3.44. The number of allylic oxidation sites excluding steroid dienone is 1. The molecule has 110 valence electrons. The van der Waals surface area contributed by atoms with E-state index in [4.69, 9.17) is 16.3 Å². The van der Waals surface area contributed by atoms with E-state index in [9.17, 15) is 4.39 Å². The lowest BCUT2D eigenvalue weighted by molar-refractivity contribution is 0.304. The molecule has 1 nitrogen and oxygen atoms in total. The molecule has 0 aliphatic rings. The van der Waals surface area contributed by atoms with E-state index < -0.39 is 0 Å². The maximum absolute atomic E-state index is 14.2. The van der Waals surface area contributed by atoms with Crippen LogP contribution >= 0.6 is 11.6 Å². The van der Waals surface area contributed by atoms with Gasteiger partial charge in [0.15, 0.2) is 0 Å². The molecular formula is C18H18ClFO. The molecule has 0 atom stereocenters. The Labute approximate surface area is 130 Å². The van der Waals surface area contributed by atoms with Crippen molar-refractivity contribution in [2.45, 2.75) is 27.4 Å². The lowest BCUT2D eigenvalue weighted by Crippen LogP contribution is -2.04. The Morgan fingerprint density at radius 1 is 1.19 bits per heavy atom. The van der Waals surface area contributed by atoms with Crippen LogP contribution in [0.5, 0.6) is 5.75 Å². The quantitative estimate of drug-likeness (QED) is 0.703. The summed E-state index contributed by atoms with van der Waals surface area (Å²) in [5.74, 6) is 0.203. The fourth-order valence-corrected chi connectivity index (χ4v) is 2.55. The first-order chi connectivity index (χ1) is 9.93. The van der Waals surface area contributed by atoms with Gasteiger partial charge in [-0.05, 0) is 37.5 Å². The van der Waals surface area contributed by atoms with Crippen LogP contribution in [0.3, 0.4) is 0 Å². The van der Waals surface area contributed by atoms with E-state index in [1.54, 1.807) is 13.8 Å². The molecule has 0 saturated heterocycles. The van der Waals surface area contributed by atoms with E-state index in [0.29, 0.717) is 34.1 Å². The molecule has 0 heterocycles. The highest BCUT2D eigenvalue weighted by molar-refractivity contribution is 6.33. The van der Waals surface area contributed by atoms with E-state index >= 15 is 0 Å². The Balaban J connectivity index is 2.45. The zero-order valence-electron chi connectivity index (χ0n) is 12.5. The molecule has 0 saturated carbocycles. The highest BCUT2D eigenvalue weighted by Gasteiger charge is 2.20. The van der Waals surface area contributed by atoms with E-state index in [-0.39, 0.29) is 5.82 Å². The standard InChI is InChI=1S/C18H18ClFO/c1-11(2)15-12(3)17(20)13(4)16(19)18(15)21-10-14-8-6-5-7-9-14/h5-9H,1,10H2,2-4H3. The van der Waals surface area contributed by atoms with Gasteiger partial charge in [-0.3, -0.25) is 0 Å². The minimum atomic E-state index is -0.301. The van der Waals surface area contributed by atoms with Gasteiger partial charge in [0.05, 0.1) is 5.02 Å². The van der Waals surface area contributed by atoms with Crippen molar-refractivity contribution in [1.29, 1.82) is 0 Å². The van der Waals surface area contributed by atoms with Gasteiger partial charge >= 0.3 is 0 Å². The van der Waals surface area contributed by atoms with Crippen molar-refractivity contribution < 1.29 is 9.13 Å². The Morgan fingerprint density at radius 2 is 1.81 bits per heavy atom. The summed E-state index contributed by atoms with van der Waals surface area (Å²) < 4.78 is 20.0. The third-order valence-corrected chi connectivity index (χ3v) is 3.90. The highest BCUT2D eigenvalue weighted by atomic mass is 35.5. The van der Waals surface area contributed by atoms with Crippen LogP contribution < -0.4 is 4.74 Å². The van der Waals surface area contributed by atoms with E-state index in [1.807, 2.05) is 37.3 Å². The van der Waals surface area contributed by atoms with Crippen LogP contribution in [-0.4, -0.2) is 0 Å². The molecule has 0 spiro atoms. The second kappa shape index (κ2) is 6.31. The van der Waals surface area contributed by atoms with E-state index in [2.05, 4.69) is 6.58 Å². The average molecular weight is 305 g/mol. The van der Waals surface area contributed by atoms with Gasteiger partial charge in [0.25, 0.3) is 0 Å². The molecule has 0 N–H and O–H groups in total. The third kappa shape index (κ3) is 3.11. The second-order valence-electron chi connectivity index (χ2n) is 5.14. The summed E-state index contributed by atoms with van der Waals surface area (Å²) >= 11 is 6.28. The van der Waals surface area contributed by atoms with Crippen molar-refractivity contribution in [3.63, 3.8) is 0 Å². The minimum absolute atomic E-state index is 0.301. The predicted octanol–water partition coefficient (Wildman–Crippen LogP) is 5.71. The average Bonchev–Trinajstić information content (AvgIpc) is 2.48. The van der Waals surface area contributed by atoms with Crippen LogP contribution in [0.15, 0.2) is 36.9 Å². The van der Waals surface area contributed by atoms with Crippen molar-refractivity contribution in [3.05, 3.63) is 70.0 Å². The summed E-state index contributed by atoms with van der Waals surface area (Å²) in [5, 5.41) is 0.312. The zero-order chi connectivity index (χ0) is 15.6. The number of rotatable bonds is 4. The number of hydrogen-bond donors (Lipinski definition) is 0. The van der Waals surface area contributed by atoms with Crippen molar-refractivity contribution in [3.8, 4) is 5.75 Å². The number of halogens is 2. The second-order valence-corrected chi connectivity index (χ2v) is 5.51. The Hall–Kier alpha value is -1.80. The molecule has 0 bridgehead atoms. The molecule has 0 aromatic heterocycles. The Morgan fingerprint density at radius 3 is 2.38 bits per heavy atom. The Bertz CT molecular complexity index is 678. The Kier molecular flexibility index (Phi) is 4.69. The summed E-state index contributed by atoms with van der Waals surface area (Å²) in [4.78, 5) is 0. The fraction of sp³-hybridized carbons (Fsp3) is 0.222. The van der Waals surface area contributed by atoms with Crippen LogP contribution in [0.1, 0.15) is 29.2 Å². The molecular weight excluding hydrogens is 287 g/mol. The zero-order valence-corrected chi connectivity index (χ0v) is 13.2. The maximum Gasteiger partial charge on any atom is 0.146 e. The first-order valence-electron chi connectivity index (χ1n) is 6.74. The summed E-state index contributed by atoms with van der Waals surface area (Å²) in [6, 6.07) is 9.78. The van der Waals surface area contributed by atoms with E-state index in [1.165, 1.54) is 0 Å². The lowest BCUT2D eigenvalue weighted by atomic mass is 9.98. The van der Waals surface area contributed by atoms with Gasteiger partial charge in [-0.2, -0.15) is 0 Å². The minimum Gasteiger partial charge on any atom is -0.487 e. The summed E-state index contributed by atoms with van der Waals surface area (Å²) in [7, 11) is 0. The summed E-state index contributed by atoms with van der Waals surface area (Å²) in [5.41, 5.74) is 3.34. The number of benzene rings is 2. The SMILES string of the molecule is C=C(C)c1c(C)c(F)c(C)c(Cl)c1OCc1ccccc1. The smallest absolute Gasteiger partial charge is 0.146 e. The number of hydrogen-bond acceptors (Lipinski definition) is 1. The molecule has 21 heavy (non-hydrogen) atoms. The first kappa shape index (κ1) is 15.6. The van der Waals surface area contributed by atoms with Crippen LogP contribution in [0.4, 0.5) is 4.39 Å². The van der Waals surface area contributed by atoms with Crippen molar-refractivity contribution in [2.75, 3.05) is 0 Å². The van der Waals surface area contributed by atoms with Gasteiger partial charge < -0.3 is 4.74 Å². The predicted molar refractivity (Wildman–Crippen MR) is 86.4 cm³/mol. The molecule has 0 unspecified atom stereocenters. The van der Waals surface area contributed by atoms with Gasteiger partial charge in [0.2, 0.25) is 0 Å². The van der Waals surface area contributed by atoms with Crippen LogP contribution in [0.25, 0.3) is 5.57 Å². The van der Waals surface area contributed by atoms with Gasteiger partial charge in [0.1, 0.15) is 18.2 Å².